The Balaban J connectivity index is 2.52. The molecule has 112 valence electrons. The lowest BCUT2D eigenvalue weighted by atomic mass is 10.1. The van der Waals surface area contributed by atoms with Crippen LogP contribution in [0.15, 0.2) is 30.3 Å². The van der Waals surface area contributed by atoms with Gasteiger partial charge in [-0.05, 0) is 32.8 Å². The highest BCUT2D eigenvalue weighted by Crippen LogP contribution is 2.09. The maximum Gasteiger partial charge on any atom is 0.220 e. The number of amides is 1. The van der Waals surface area contributed by atoms with E-state index in [0.29, 0.717) is 12.5 Å². The van der Waals surface area contributed by atoms with Crippen molar-refractivity contribution < 1.29 is 4.79 Å². The van der Waals surface area contributed by atoms with E-state index in [1.54, 1.807) is 0 Å². The SMILES string of the molecule is CCCC(=O)NC(C)CN(Cc1ccccc1)C(C)C. The van der Waals surface area contributed by atoms with Crippen LogP contribution in [-0.4, -0.2) is 29.4 Å². The van der Waals surface area contributed by atoms with Crippen molar-refractivity contribution in [2.75, 3.05) is 6.54 Å². The second-order valence-corrected chi connectivity index (χ2v) is 5.73. The molecule has 3 heteroatoms. The first-order valence-corrected chi connectivity index (χ1v) is 7.60. The van der Waals surface area contributed by atoms with Gasteiger partial charge in [0.1, 0.15) is 0 Å². The molecule has 0 aliphatic heterocycles. The van der Waals surface area contributed by atoms with Crippen molar-refractivity contribution in [3.8, 4) is 0 Å². The van der Waals surface area contributed by atoms with Gasteiger partial charge in [-0.15, -0.1) is 0 Å². The van der Waals surface area contributed by atoms with Crippen LogP contribution in [0.2, 0.25) is 0 Å². The lowest BCUT2D eigenvalue weighted by Gasteiger charge is -2.29. The Bertz CT molecular complexity index is 389. The van der Waals surface area contributed by atoms with Crippen LogP contribution in [0, 0.1) is 0 Å². The number of rotatable bonds is 8. The molecule has 0 aliphatic rings. The summed E-state index contributed by atoms with van der Waals surface area (Å²) in [4.78, 5) is 14.0. The second kappa shape index (κ2) is 8.75. The van der Waals surface area contributed by atoms with E-state index < -0.39 is 0 Å². The highest BCUT2D eigenvalue weighted by atomic mass is 16.1. The van der Waals surface area contributed by atoms with Gasteiger partial charge in [-0.3, -0.25) is 9.69 Å². The zero-order valence-electron chi connectivity index (χ0n) is 13.2. The van der Waals surface area contributed by atoms with Gasteiger partial charge in [-0.2, -0.15) is 0 Å². The minimum atomic E-state index is 0.156. The molecule has 1 aromatic rings. The first-order chi connectivity index (χ1) is 9.52. The van der Waals surface area contributed by atoms with E-state index in [0.717, 1.165) is 19.5 Å². The van der Waals surface area contributed by atoms with Gasteiger partial charge in [0, 0.05) is 31.6 Å². The Morgan fingerprint density at radius 1 is 1.20 bits per heavy atom. The van der Waals surface area contributed by atoms with Crippen LogP contribution in [0.4, 0.5) is 0 Å². The summed E-state index contributed by atoms with van der Waals surface area (Å²) in [5, 5.41) is 3.07. The Labute approximate surface area is 123 Å². The van der Waals surface area contributed by atoms with Crippen LogP contribution in [0.3, 0.4) is 0 Å². The molecule has 1 unspecified atom stereocenters. The summed E-state index contributed by atoms with van der Waals surface area (Å²) < 4.78 is 0. The predicted molar refractivity (Wildman–Crippen MR) is 84.5 cm³/mol. The van der Waals surface area contributed by atoms with Gasteiger partial charge in [-0.25, -0.2) is 0 Å². The normalized spacial score (nSPS) is 12.7. The predicted octanol–water partition coefficient (Wildman–Crippen LogP) is 3.20. The number of hydrogen-bond donors (Lipinski definition) is 1. The molecule has 0 aromatic heterocycles. The molecule has 0 aliphatic carbocycles. The molecule has 3 nitrogen and oxygen atoms in total. The number of benzene rings is 1. The average Bonchev–Trinajstić information content (AvgIpc) is 2.39. The number of nitrogens with one attached hydrogen (secondary N) is 1. The van der Waals surface area contributed by atoms with Crippen molar-refractivity contribution in [2.45, 2.75) is 59.2 Å². The van der Waals surface area contributed by atoms with Gasteiger partial charge in [0.15, 0.2) is 0 Å². The van der Waals surface area contributed by atoms with Gasteiger partial charge in [-0.1, -0.05) is 37.3 Å². The minimum absolute atomic E-state index is 0.156. The Hall–Kier alpha value is -1.35. The summed E-state index contributed by atoms with van der Waals surface area (Å²) in [5.41, 5.74) is 1.31. The first-order valence-electron chi connectivity index (χ1n) is 7.60. The molecule has 1 aromatic carbocycles. The molecule has 1 rings (SSSR count). The molecule has 1 amide bonds. The zero-order chi connectivity index (χ0) is 15.0. The van der Waals surface area contributed by atoms with Crippen LogP contribution >= 0.6 is 0 Å². The van der Waals surface area contributed by atoms with E-state index >= 15 is 0 Å². The largest absolute Gasteiger partial charge is 0.352 e. The third-order valence-electron chi connectivity index (χ3n) is 3.35. The van der Waals surface area contributed by atoms with Gasteiger partial charge in [0.25, 0.3) is 0 Å². The molecule has 1 N–H and O–H groups in total. The minimum Gasteiger partial charge on any atom is -0.352 e. The van der Waals surface area contributed by atoms with Crippen molar-refractivity contribution >= 4 is 5.91 Å². The molecule has 0 spiro atoms. The molecule has 0 heterocycles. The molecule has 0 fully saturated rings. The van der Waals surface area contributed by atoms with E-state index in [9.17, 15) is 4.79 Å². The second-order valence-electron chi connectivity index (χ2n) is 5.73. The first kappa shape index (κ1) is 16.7. The molecule has 0 bridgehead atoms. The van der Waals surface area contributed by atoms with Crippen LogP contribution in [-0.2, 0) is 11.3 Å². The van der Waals surface area contributed by atoms with E-state index in [1.807, 2.05) is 13.0 Å². The number of carbonyl (C=O) groups excluding carboxylic acids is 1. The quantitative estimate of drug-likeness (QED) is 0.791. The van der Waals surface area contributed by atoms with E-state index in [2.05, 4.69) is 55.3 Å². The topological polar surface area (TPSA) is 32.3 Å². The standard InChI is InChI=1S/C17H28N2O/c1-5-9-17(20)18-15(4)12-19(14(2)3)13-16-10-7-6-8-11-16/h6-8,10-11,14-15H,5,9,12-13H2,1-4H3,(H,18,20). The Morgan fingerprint density at radius 2 is 1.85 bits per heavy atom. The highest BCUT2D eigenvalue weighted by molar-refractivity contribution is 5.76. The monoisotopic (exact) mass is 276 g/mol. The molecular formula is C17H28N2O. The molecule has 20 heavy (non-hydrogen) atoms. The van der Waals surface area contributed by atoms with Crippen LogP contribution in [0.25, 0.3) is 0 Å². The van der Waals surface area contributed by atoms with Gasteiger partial charge >= 0.3 is 0 Å². The van der Waals surface area contributed by atoms with Gasteiger partial charge < -0.3 is 5.32 Å². The fourth-order valence-electron chi connectivity index (χ4n) is 2.25. The third kappa shape index (κ3) is 6.20. The van der Waals surface area contributed by atoms with Crippen LogP contribution in [0.1, 0.15) is 46.1 Å². The summed E-state index contributed by atoms with van der Waals surface area (Å²) in [5.74, 6) is 0.156. The smallest absolute Gasteiger partial charge is 0.220 e. The van der Waals surface area contributed by atoms with Crippen molar-refractivity contribution in [3.05, 3.63) is 35.9 Å². The third-order valence-corrected chi connectivity index (χ3v) is 3.35. The molecule has 1 atom stereocenters. The van der Waals surface area contributed by atoms with Crippen molar-refractivity contribution in [3.63, 3.8) is 0 Å². The number of hydrogen-bond acceptors (Lipinski definition) is 2. The highest BCUT2D eigenvalue weighted by Gasteiger charge is 2.15. The molecule has 0 saturated carbocycles. The maximum atomic E-state index is 11.6. The van der Waals surface area contributed by atoms with E-state index in [-0.39, 0.29) is 11.9 Å². The number of carbonyl (C=O) groups is 1. The van der Waals surface area contributed by atoms with Gasteiger partial charge in [0.05, 0.1) is 0 Å². The molecule has 0 saturated heterocycles. The summed E-state index contributed by atoms with van der Waals surface area (Å²) in [6.07, 6.45) is 1.52. The summed E-state index contributed by atoms with van der Waals surface area (Å²) in [6, 6.07) is 11.1. The lowest BCUT2D eigenvalue weighted by Crippen LogP contribution is -2.44. The summed E-state index contributed by atoms with van der Waals surface area (Å²) in [6.45, 7) is 10.3. The van der Waals surface area contributed by atoms with Crippen molar-refractivity contribution in [2.24, 2.45) is 0 Å². The fraction of sp³-hybridized carbons (Fsp3) is 0.588. The number of nitrogens with zero attached hydrogens (tertiary/aromatic N) is 1. The Kier molecular flexibility index (Phi) is 7.31. The summed E-state index contributed by atoms with van der Waals surface area (Å²) in [7, 11) is 0. The van der Waals surface area contributed by atoms with Crippen molar-refractivity contribution in [1.82, 2.24) is 10.2 Å². The van der Waals surface area contributed by atoms with E-state index in [4.69, 9.17) is 0 Å². The maximum absolute atomic E-state index is 11.6. The van der Waals surface area contributed by atoms with Crippen molar-refractivity contribution in [1.29, 1.82) is 0 Å². The fourth-order valence-corrected chi connectivity index (χ4v) is 2.25. The average molecular weight is 276 g/mol. The van der Waals surface area contributed by atoms with Gasteiger partial charge in [0.2, 0.25) is 5.91 Å². The Morgan fingerprint density at radius 3 is 2.40 bits per heavy atom. The van der Waals surface area contributed by atoms with Crippen LogP contribution < -0.4 is 5.32 Å². The van der Waals surface area contributed by atoms with E-state index in [1.165, 1.54) is 5.56 Å². The lowest BCUT2D eigenvalue weighted by molar-refractivity contribution is -0.121. The zero-order valence-corrected chi connectivity index (χ0v) is 13.2. The van der Waals surface area contributed by atoms with Crippen LogP contribution in [0.5, 0.6) is 0 Å². The summed E-state index contributed by atoms with van der Waals surface area (Å²) >= 11 is 0. The molecular weight excluding hydrogens is 248 g/mol. The molecule has 0 radical (unpaired) electrons.